The van der Waals surface area contributed by atoms with Crippen molar-refractivity contribution in [3.63, 3.8) is 0 Å². The van der Waals surface area contributed by atoms with Crippen LogP contribution in [-0.4, -0.2) is 35.1 Å². The van der Waals surface area contributed by atoms with Gasteiger partial charge in [0.25, 0.3) is 0 Å². The number of likely N-dealkylation sites (tertiary alicyclic amines) is 1. The standard InChI is InChI=1S/C17H31NO2/c1-16(2)11-14(12-17(3,4)18(16)5)20-15(19)13-9-7-6-8-10-13/h13-14H,6-12H2,1-5H3. The van der Waals surface area contributed by atoms with Crippen LogP contribution in [0.4, 0.5) is 0 Å². The van der Waals surface area contributed by atoms with E-state index >= 15 is 0 Å². The smallest absolute Gasteiger partial charge is 0.309 e. The molecule has 0 radical (unpaired) electrons. The first-order valence-corrected chi connectivity index (χ1v) is 8.17. The van der Waals surface area contributed by atoms with Crippen LogP contribution in [0.1, 0.15) is 72.6 Å². The summed E-state index contributed by atoms with van der Waals surface area (Å²) >= 11 is 0. The fourth-order valence-corrected chi connectivity index (χ4v) is 3.96. The maximum absolute atomic E-state index is 12.3. The zero-order chi connectivity index (χ0) is 15.0. The van der Waals surface area contributed by atoms with Crippen molar-refractivity contribution in [2.45, 2.75) is 89.8 Å². The Bertz CT molecular complexity index is 338. The number of esters is 1. The first kappa shape index (κ1) is 15.8. The van der Waals surface area contributed by atoms with E-state index in [4.69, 9.17) is 4.74 Å². The van der Waals surface area contributed by atoms with Gasteiger partial charge in [-0.1, -0.05) is 19.3 Å². The summed E-state index contributed by atoms with van der Waals surface area (Å²) in [6.07, 6.45) is 7.64. The molecule has 0 atom stereocenters. The monoisotopic (exact) mass is 281 g/mol. The molecule has 0 N–H and O–H groups in total. The second kappa shape index (κ2) is 5.67. The lowest BCUT2D eigenvalue weighted by Gasteiger charge is -2.53. The lowest BCUT2D eigenvalue weighted by molar-refractivity contribution is -0.164. The summed E-state index contributed by atoms with van der Waals surface area (Å²) in [6, 6.07) is 0. The average Bonchev–Trinajstić information content (AvgIpc) is 2.36. The zero-order valence-electron chi connectivity index (χ0n) is 13.9. The number of hydrogen-bond acceptors (Lipinski definition) is 3. The van der Waals surface area contributed by atoms with E-state index in [0.717, 1.165) is 25.7 Å². The summed E-state index contributed by atoms with van der Waals surface area (Å²) in [7, 11) is 2.18. The fraction of sp³-hybridized carbons (Fsp3) is 0.941. The van der Waals surface area contributed by atoms with Gasteiger partial charge < -0.3 is 4.74 Å². The lowest BCUT2D eigenvalue weighted by atomic mass is 9.78. The van der Waals surface area contributed by atoms with Crippen molar-refractivity contribution in [3.8, 4) is 0 Å². The van der Waals surface area contributed by atoms with E-state index < -0.39 is 0 Å². The van der Waals surface area contributed by atoms with Gasteiger partial charge in [-0.2, -0.15) is 0 Å². The number of ether oxygens (including phenoxy) is 1. The highest BCUT2D eigenvalue weighted by Gasteiger charge is 2.44. The molecule has 2 fully saturated rings. The normalized spacial score (nSPS) is 28.2. The van der Waals surface area contributed by atoms with Gasteiger partial charge in [-0.15, -0.1) is 0 Å². The second-order valence-corrected chi connectivity index (χ2v) is 7.99. The van der Waals surface area contributed by atoms with E-state index in [1.54, 1.807) is 0 Å². The van der Waals surface area contributed by atoms with Crippen LogP contribution in [-0.2, 0) is 9.53 Å². The topological polar surface area (TPSA) is 29.5 Å². The number of nitrogens with zero attached hydrogens (tertiary/aromatic N) is 1. The Balaban J connectivity index is 1.97. The number of carbonyl (C=O) groups is 1. The first-order chi connectivity index (χ1) is 9.22. The van der Waals surface area contributed by atoms with Crippen LogP contribution < -0.4 is 0 Å². The molecule has 2 aliphatic rings. The van der Waals surface area contributed by atoms with E-state index in [1.807, 2.05) is 0 Å². The largest absolute Gasteiger partial charge is 0.462 e. The Morgan fingerprint density at radius 3 is 2.00 bits per heavy atom. The van der Waals surface area contributed by atoms with E-state index in [9.17, 15) is 4.79 Å². The van der Waals surface area contributed by atoms with E-state index in [1.165, 1.54) is 19.3 Å². The van der Waals surface area contributed by atoms with Crippen molar-refractivity contribution < 1.29 is 9.53 Å². The molecule has 0 amide bonds. The fourth-order valence-electron chi connectivity index (χ4n) is 3.96. The molecule has 1 saturated heterocycles. The molecule has 3 heteroatoms. The summed E-state index contributed by atoms with van der Waals surface area (Å²) in [5.74, 6) is 0.223. The van der Waals surface area contributed by atoms with Crippen molar-refractivity contribution in [3.05, 3.63) is 0 Å². The molecule has 116 valence electrons. The maximum Gasteiger partial charge on any atom is 0.309 e. The minimum atomic E-state index is 0.0610. The third kappa shape index (κ3) is 3.36. The molecule has 1 heterocycles. The van der Waals surface area contributed by atoms with Crippen molar-refractivity contribution in [1.82, 2.24) is 4.90 Å². The highest BCUT2D eigenvalue weighted by atomic mass is 16.5. The van der Waals surface area contributed by atoms with Crippen LogP contribution >= 0.6 is 0 Å². The van der Waals surface area contributed by atoms with Gasteiger partial charge >= 0.3 is 5.97 Å². The third-order valence-corrected chi connectivity index (χ3v) is 5.49. The van der Waals surface area contributed by atoms with Gasteiger partial charge in [-0.05, 0) is 47.6 Å². The van der Waals surface area contributed by atoms with Gasteiger partial charge in [0, 0.05) is 23.9 Å². The Morgan fingerprint density at radius 1 is 1.00 bits per heavy atom. The lowest BCUT2D eigenvalue weighted by Crippen LogP contribution is -2.60. The second-order valence-electron chi connectivity index (χ2n) is 7.99. The molecular weight excluding hydrogens is 250 g/mol. The van der Waals surface area contributed by atoms with Gasteiger partial charge in [0.1, 0.15) is 6.10 Å². The van der Waals surface area contributed by atoms with Crippen molar-refractivity contribution in [1.29, 1.82) is 0 Å². The average molecular weight is 281 g/mol. The highest BCUT2D eigenvalue weighted by molar-refractivity contribution is 5.72. The molecule has 0 aromatic carbocycles. The van der Waals surface area contributed by atoms with Crippen molar-refractivity contribution in [2.75, 3.05) is 7.05 Å². The molecular formula is C17H31NO2. The molecule has 0 aromatic heterocycles. The minimum absolute atomic E-state index is 0.0610. The van der Waals surface area contributed by atoms with Crippen LogP contribution in [0.15, 0.2) is 0 Å². The number of piperidine rings is 1. The van der Waals surface area contributed by atoms with Crippen LogP contribution in [0.25, 0.3) is 0 Å². The van der Waals surface area contributed by atoms with Gasteiger partial charge in [0.2, 0.25) is 0 Å². The molecule has 0 spiro atoms. The molecule has 0 aromatic rings. The van der Waals surface area contributed by atoms with Crippen LogP contribution in [0.3, 0.4) is 0 Å². The predicted molar refractivity (Wildman–Crippen MR) is 81.6 cm³/mol. The summed E-state index contributed by atoms with van der Waals surface area (Å²) in [5, 5.41) is 0. The molecule has 3 nitrogen and oxygen atoms in total. The van der Waals surface area contributed by atoms with Gasteiger partial charge in [-0.3, -0.25) is 9.69 Å². The summed E-state index contributed by atoms with van der Waals surface area (Å²) in [4.78, 5) is 14.8. The summed E-state index contributed by atoms with van der Waals surface area (Å²) < 4.78 is 5.88. The Labute approximate surface area is 124 Å². The van der Waals surface area contributed by atoms with E-state index in [2.05, 4.69) is 39.6 Å². The Hall–Kier alpha value is -0.570. The SMILES string of the molecule is CN1C(C)(C)CC(OC(=O)C2CCCCC2)CC1(C)C. The zero-order valence-corrected chi connectivity index (χ0v) is 13.9. The third-order valence-electron chi connectivity index (χ3n) is 5.49. The number of rotatable bonds is 2. The van der Waals surface area contributed by atoms with E-state index in [-0.39, 0.29) is 29.1 Å². The minimum Gasteiger partial charge on any atom is -0.462 e. The van der Waals surface area contributed by atoms with Gasteiger partial charge in [0.15, 0.2) is 0 Å². The number of carbonyl (C=O) groups excluding carboxylic acids is 1. The Kier molecular flexibility index (Phi) is 4.48. The van der Waals surface area contributed by atoms with Crippen LogP contribution in [0, 0.1) is 5.92 Å². The molecule has 1 aliphatic heterocycles. The maximum atomic E-state index is 12.3. The molecule has 2 rings (SSSR count). The first-order valence-electron chi connectivity index (χ1n) is 8.17. The van der Waals surface area contributed by atoms with Gasteiger partial charge in [-0.25, -0.2) is 0 Å². The number of hydrogen-bond donors (Lipinski definition) is 0. The summed E-state index contributed by atoms with van der Waals surface area (Å²) in [6.45, 7) is 8.98. The molecule has 1 aliphatic carbocycles. The summed E-state index contributed by atoms with van der Waals surface area (Å²) in [5.41, 5.74) is 0.165. The molecule has 0 bridgehead atoms. The van der Waals surface area contributed by atoms with Gasteiger partial charge in [0.05, 0.1) is 5.92 Å². The highest BCUT2D eigenvalue weighted by Crippen LogP contribution is 2.38. The van der Waals surface area contributed by atoms with Crippen molar-refractivity contribution >= 4 is 5.97 Å². The van der Waals surface area contributed by atoms with Crippen molar-refractivity contribution in [2.24, 2.45) is 5.92 Å². The Morgan fingerprint density at radius 2 is 1.50 bits per heavy atom. The van der Waals surface area contributed by atoms with E-state index in [0.29, 0.717) is 0 Å². The van der Waals surface area contributed by atoms with Crippen LogP contribution in [0.5, 0.6) is 0 Å². The quantitative estimate of drug-likeness (QED) is 0.722. The molecule has 1 saturated carbocycles. The molecule has 20 heavy (non-hydrogen) atoms. The predicted octanol–water partition coefficient (Wildman–Crippen LogP) is 3.76. The van der Waals surface area contributed by atoms with Crippen LogP contribution in [0.2, 0.25) is 0 Å². The molecule has 0 unspecified atom stereocenters.